The van der Waals surface area contributed by atoms with Crippen molar-refractivity contribution in [3.63, 3.8) is 0 Å². The molecule has 1 aliphatic rings. The third-order valence-electron chi connectivity index (χ3n) is 2.91. The maximum atomic E-state index is 4.63. The Bertz CT molecular complexity index is 518. The number of fused-ring (bicyclic) bond motifs is 3. The molecule has 1 N–H and O–H groups in total. The smallest absolute Gasteiger partial charge is 0.0927 e. The second kappa shape index (κ2) is 3.32. The molecular weight excluding hydrogens is 254 g/mol. The minimum Gasteiger partial charge on any atom is -0.309 e. The summed E-state index contributed by atoms with van der Waals surface area (Å²) in [6.07, 6.45) is 0. The average molecular weight is 266 g/mol. The molecule has 0 saturated carbocycles. The molecule has 1 unspecified atom stereocenters. The van der Waals surface area contributed by atoms with E-state index in [0.717, 1.165) is 23.1 Å². The van der Waals surface area contributed by atoms with E-state index < -0.39 is 0 Å². The van der Waals surface area contributed by atoms with Crippen molar-refractivity contribution in [3.8, 4) is 0 Å². The monoisotopic (exact) mass is 265 g/mol. The number of nitrogens with zero attached hydrogens (tertiary/aromatic N) is 2. The van der Waals surface area contributed by atoms with Crippen LogP contribution in [0.25, 0.3) is 10.9 Å². The highest BCUT2D eigenvalue weighted by Gasteiger charge is 2.19. The normalized spacial score (nSPS) is 20.5. The molecule has 0 radical (unpaired) electrons. The van der Waals surface area contributed by atoms with Crippen molar-refractivity contribution in [3.05, 3.63) is 28.4 Å². The van der Waals surface area contributed by atoms with Gasteiger partial charge in [0.15, 0.2) is 0 Å². The lowest BCUT2D eigenvalue weighted by molar-refractivity contribution is 0.395. The molecule has 3 rings (SSSR count). The van der Waals surface area contributed by atoms with E-state index in [-0.39, 0.29) is 0 Å². The SMILES string of the molecule is CC1CNCc2c3cc(Br)ccc3nn21. The predicted molar refractivity (Wildman–Crippen MR) is 63.9 cm³/mol. The van der Waals surface area contributed by atoms with Crippen LogP contribution in [0.5, 0.6) is 0 Å². The van der Waals surface area contributed by atoms with Crippen LogP contribution in [0.3, 0.4) is 0 Å². The molecule has 2 aromatic rings. The zero-order valence-corrected chi connectivity index (χ0v) is 10.1. The number of benzene rings is 1. The van der Waals surface area contributed by atoms with Gasteiger partial charge in [0.2, 0.25) is 0 Å². The van der Waals surface area contributed by atoms with Gasteiger partial charge >= 0.3 is 0 Å². The zero-order valence-electron chi connectivity index (χ0n) is 8.50. The van der Waals surface area contributed by atoms with Crippen LogP contribution in [-0.4, -0.2) is 16.3 Å². The number of nitrogens with one attached hydrogen (secondary N) is 1. The minimum absolute atomic E-state index is 0.444. The molecule has 1 atom stereocenters. The van der Waals surface area contributed by atoms with Gasteiger partial charge in [0.05, 0.1) is 17.3 Å². The highest BCUT2D eigenvalue weighted by Crippen LogP contribution is 2.26. The molecule has 0 fully saturated rings. The summed E-state index contributed by atoms with van der Waals surface area (Å²) in [5.74, 6) is 0. The van der Waals surface area contributed by atoms with E-state index in [0.29, 0.717) is 6.04 Å². The first-order valence-electron chi connectivity index (χ1n) is 5.13. The van der Waals surface area contributed by atoms with Gasteiger partial charge in [0.1, 0.15) is 0 Å². The van der Waals surface area contributed by atoms with Gasteiger partial charge in [0.25, 0.3) is 0 Å². The van der Waals surface area contributed by atoms with Crippen molar-refractivity contribution in [1.82, 2.24) is 15.1 Å². The molecule has 2 heterocycles. The predicted octanol–water partition coefficient (Wildman–Crippen LogP) is 2.46. The van der Waals surface area contributed by atoms with Crippen molar-refractivity contribution >= 4 is 26.8 Å². The second-order valence-electron chi connectivity index (χ2n) is 4.03. The van der Waals surface area contributed by atoms with E-state index in [9.17, 15) is 0 Å². The largest absolute Gasteiger partial charge is 0.309 e. The lowest BCUT2D eigenvalue weighted by atomic mass is 10.1. The average Bonchev–Trinajstić information content (AvgIpc) is 2.58. The standard InChI is InChI=1S/C11H12BrN3/c1-7-5-13-6-11-9-4-8(12)2-3-10(9)14-15(7)11/h2-4,7,13H,5-6H2,1H3. The molecular formula is C11H12BrN3. The van der Waals surface area contributed by atoms with Crippen LogP contribution in [0.1, 0.15) is 18.7 Å². The molecule has 1 aliphatic heterocycles. The van der Waals surface area contributed by atoms with E-state index in [1.807, 2.05) is 6.07 Å². The number of halogens is 1. The fourth-order valence-corrected chi connectivity index (χ4v) is 2.51. The molecule has 0 bridgehead atoms. The van der Waals surface area contributed by atoms with E-state index in [4.69, 9.17) is 0 Å². The van der Waals surface area contributed by atoms with Crippen LogP contribution in [-0.2, 0) is 6.54 Å². The van der Waals surface area contributed by atoms with E-state index in [2.05, 4.69) is 50.1 Å². The zero-order chi connectivity index (χ0) is 10.4. The third-order valence-corrected chi connectivity index (χ3v) is 3.40. The Kier molecular flexibility index (Phi) is 2.07. The Hall–Kier alpha value is -0.870. The number of aromatic nitrogens is 2. The van der Waals surface area contributed by atoms with Crippen LogP contribution in [0, 0.1) is 0 Å². The lowest BCUT2D eigenvalue weighted by Crippen LogP contribution is -2.31. The fourth-order valence-electron chi connectivity index (χ4n) is 2.15. The van der Waals surface area contributed by atoms with Crippen LogP contribution >= 0.6 is 15.9 Å². The summed E-state index contributed by atoms with van der Waals surface area (Å²) < 4.78 is 3.26. The first-order valence-corrected chi connectivity index (χ1v) is 5.92. The number of hydrogen-bond donors (Lipinski definition) is 1. The van der Waals surface area contributed by atoms with E-state index in [1.165, 1.54) is 11.1 Å². The number of hydrogen-bond acceptors (Lipinski definition) is 2. The Labute approximate surface area is 96.6 Å². The molecule has 78 valence electrons. The summed E-state index contributed by atoms with van der Waals surface area (Å²) in [5, 5.41) is 9.30. The first-order chi connectivity index (χ1) is 7.25. The Morgan fingerprint density at radius 2 is 2.40 bits per heavy atom. The molecule has 4 heteroatoms. The maximum Gasteiger partial charge on any atom is 0.0927 e. The van der Waals surface area contributed by atoms with Crippen LogP contribution in [0.4, 0.5) is 0 Å². The summed E-state index contributed by atoms with van der Waals surface area (Å²) in [6.45, 7) is 4.11. The van der Waals surface area contributed by atoms with Crippen molar-refractivity contribution in [2.45, 2.75) is 19.5 Å². The van der Waals surface area contributed by atoms with Crippen molar-refractivity contribution in [2.24, 2.45) is 0 Å². The van der Waals surface area contributed by atoms with Crippen LogP contribution < -0.4 is 5.32 Å². The van der Waals surface area contributed by atoms with Gasteiger partial charge in [-0.25, -0.2) is 0 Å². The molecule has 1 aromatic heterocycles. The molecule has 3 nitrogen and oxygen atoms in total. The third kappa shape index (κ3) is 1.40. The maximum absolute atomic E-state index is 4.63. The van der Waals surface area contributed by atoms with E-state index >= 15 is 0 Å². The van der Waals surface area contributed by atoms with Crippen LogP contribution in [0.15, 0.2) is 22.7 Å². The summed E-state index contributed by atoms with van der Waals surface area (Å²) in [4.78, 5) is 0. The summed E-state index contributed by atoms with van der Waals surface area (Å²) in [6, 6.07) is 6.70. The van der Waals surface area contributed by atoms with E-state index in [1.54, 1.807) is 0 Å². The highest BCUT2D eigenvalue weighted by molar-refractivity contribution is 9.10. The molecule has 0 spiro atoms. The van der Waals surface area contributed by atoms with Gasteiger partial charge in [-0.05, 0) is 25.1 Å². The van der Waals surface area contributed by atoms with Gasteiger partial charge in [-0.3, -0.25) is 4.68 Å². The molecule has 0 amide bonds. The summed E-state index contributed by atoms with van der Waals surface area (Å²) in [7, 11) is 0. The fraction of sp³-hybridized carbons (Fsp3) is 0.364. The van der Waals surface area contributed by atoms with Gasteiger partial charge in [0, 0.05) is 22.9 Å². The Morgan fingerprint density at radius 1 is 1.53 bits per heavy atom. The van der Waals surface area contributed by atoms with Gasteiger partial charge in [-0.1, -0.05) is 15.9 Å². The molecule has 1 aromatic carbocycles. The quantitative estimate of drug-likeness (QED) is 0.793. The minimum atomic E-state index is 0.444. The topological polar surface area (TPSA) is 29.9 Å². The van der Waals surface area contributed by atoms with Crippen molar-refractivity contribution in [1.29, 1.82) is 0 Å². The molecule has 0 aliphatic carbocycles. The lowest BCUT2D eigenvalue weighted by Gasteiger charge is -2.22. The van der Waals surface area contributed by atoms with Crippen molar-refractivity contribution < 1.29 is 0 Å². The summed E-state index contributed by atoms with van der Waals surface area (Å²) >= 11 is 3.50. The van der Waals surface area contributed by atoms with Crippen molar-refractivity contribution in [2.75, 3.05) is 6.54 Å². The molecule has 0 saturated heterocycles. The Balaban J connectivity index is 2.31. The second-order valence-corrected chi connectivity index (χ2v) is 4.95. The molecule has 15 heavy (non-hydrogen) atoms. The highest BCUT2D eigenvalue weighted by atomic mass is 79.9. The van der Waals surface area contributed by atoms with Gasteiger partial charge in [-0.2, -0.15) is 5.10 Å². The Morgan fingerprint density at radius 3 is 3.27 bits per heavy atom. The first kappa shape index (κ1) is 9.36. The van der Waals surface area contributed by atoms with Gasteiger partial charge < -0.3 is 5.32 Å². The van der Waals surface area contributed by atoms with Crippen LogP contribution in [0.2, 0.25) is 0 Å². The summed E-state index contributed by atoms with van der Waals surface area (Å²) in [5.41, 5.74) is 2.38. The van der Waals surface area contributed by atoms with Gasteiger partial charge in [-0.15, -0.1) is 0 Å². The number of rotatable bonds is 0.